The largest absolute Gasteiger partial charge is 0.273 e. The second kappa shape index (κ2) is 14.2. The summed E-state index contributed by atoms with van der Waals surface area (Å²) in [6.45, 7) is 3.59. The van der Waals surface area contributed by atoms with Gasteiger partial charge >= 0.3 is 0 Å². The van der Waals surface area contributed by atoms with Crippen molar-refractivity contribution in [2.24, 2.45) is 0 Å². The third kappa shape index (κ3) is 10.4. The van der Waals surface area contributed by atoms with Gasteiger partial charge in [-0.3, -0.25) is 6.08 Å². The zero-order valence-corrected chi connectivity index (χ0v) is 13.6. The van der Waals surface area contributed by atoms with Gasteiger partial charge in [0.1, 0.15) is 0 Å². The molecule has 0 aliphatic heterocycles. The van der Waals surface area contributed by atoms with Crippen molar-refractivity contribution in [1.82, 2.24) is 0 Å². The first-order valence-electron chi connectivity index (χ1n) is 4.05. The van der Waals surface area contributed by atoms with Gasteiger partial charge in [-0.1, -0.05) is 6.42 Å². The Morgan fingerprint density at radius 2 is 1.93 bits per heavy atom. The van der Waals surface area contributed by atoms with Gasteiger partial charge in [0.2, 0.25) is 0 Å². The first kappa shape index (κ1) is 20.5. The van der Waals surface area contributed by atoms with Crippen molar-refractivity contribution in [1.29, 1.82) is 0 Å². The molecule has 15 heavy (non-hydrogen) atoms. The fraction of sp³-hybridized carbons (Fsp3) is 0.167. The molecule has 2 aliphatic rings. The van der Waals surface area contributed by atoms with E-state index in [4.69, 9.17) is 0 Å². The molecule has 0 radical (unpaired) electrons. The van der Waals surface area contributed by atoms with Gasteiger partial charge in [-0.25, -0.2) is 12.2 Å². The van der Waals surface area contributed by atoms with Crippen molar-refractivity contribution in [3.8, 4) is 0 Å². The molecule has 0 fully saturated rings. The van der Waals surface area contributed by atoms with E-state index < -0.39 is 0 Å². The SMILES string of the molecule is C=CC1=[C-]CC=C1.Cl.Cl.[C-]1=CC=CC1.[Hf]. The van der Waals surface area contributed by atoms with Gasteiger partial charge in [0, 0.05) is 25.8 Å². The maximum atomic E-state index is 3.59. The summed E-state index contributed by atoms with van der Waals surface area (Å²) in [5, 5.41) is 0. The van der Waals surface area contributed by atoms with E-state index >= 15 is 0 Å². The first-order valence-corrected chi connectivity index (χ1v) is 4.05. The molecule has 0 aromatic rings. The van der Waals surface area contributed by atoms with Gasteiger partial charge in [0.15, 0.2) is 0 Å². The molecule has 0 saturated heterocycles. The Hall–Kier alpha value is 0.150. The maximum Gasteiger partial charge on any atom is 0 e. The van der Waals surface area contributed by atoms with E-state index in [1.165, 1.54) is 0 Å². The van der Waals surface area contributed by atoms with E-state index in [0.29, 0.717) is 0 Å². The fourth-order valence-electron chi connectivity index (χ4n) is 0.902. The fourth-order valence-corrected chi connectivity index (χ4v) is 0.902. The Morgan fingerprint density at radius 1 is 1.20 bits per heavy atom. The molecule has 0 saturated carbocycles. The predicted octanol–water partition coefficient (Wildman–Crippen LogP) is 4.01. The third-order valence-corrected chi connectivity index (χ3v) is 1.53. The molecule has 0 unspecified atom stereocenters. The van der Waals surface area contributed by atoms with Crippen LogP contribution in [0, 0.1) is 12.2 Å². The van der Waals surface area contributed by atoms with E-state index in [0.717, 1.165) is 18.4 Å². The van der Waals surface area contributed by atoms with Crippen LogP contribution in [0.25, 0.3) is 0 Å². The molecule has 0 heterocycles. The van der Waals surface area contributed by atoms with Crippen molar-refractivity contribution in [2.75, 3.05) is 0 Å². The number of allylic oxidation sites excluding steroid dienone is 9. The number of rotatable bonds is 1. The van der Waals surface area contributed by atoms with E-state index in [9.17, 15) is 0 Å². The van der Waals surface area contributed by atoms with E-state index in [2.05, 4.69) is 30.9 Å². The summed E-state index contributed by atoms with van der Waals surface area (Å²) in [5.74, 6) is 0. The molecular formula is C12H14Cl2Hf-2. The second-order valence-corrected chi connectivity index (χ2v) is 2.45. The van der Waals surface area contributed by atoms with Crippen LogP contribution >= 0.6 is 24.8 Å². The molecular weight excluding hydrogens is 394 g/mol. The Kier molecular flexibility index (Phi) is 19.4. The summed E-state index contributed by atoms with van der Waals surface area (Å²) in [6, 6.07) is 0. The molecule has 2 rings (SSSR count). The smallest absolute Gasteiger partial charge is 0 e. The molecule has 2 aliphatic carbocycles. The standard InChI is InChI=1S/C7H7.C5H5.2ClH.Hf/c1-2-7-5-3-4-6-7;1-2-4-5-3-1;;;/h2-3,5H,1,4H2;1-3H,4H2;2*1H;/q2*-1;;;. The average molecular weight is 408 g/mol. The topological polar surface area (TPSA) is 0 Å². The van der Waals surface area contributed by atoms with Crippen LogP contribution in [0.3, 0.4) is 0 Å². The normalized spacial score (nSPS) is 13.7. The summed E-state index contributed by atoms with van der Waals surface area (Å²) in [4.78, 5) is 0. The van der Waals surface area contributed by atoms with Gasteiger partial charge in [-0.05, 0) is 0 Å². The minimum absolute atomic E-state index is 0. The molecule has 82 valence electrons. The third-order valence-electron chi connectivity index (χ3n) is 1.53. The number of hydrogen-bond acceptors (Lipinski definition) is 0. The van der Waals surface area contributed by atoms with Crippen LogP contribution in [0.5, 0.6) is 0 Å². The molecule has 0 amide bonds. The zero-order chi connectivity index (χ0) is 8.65. The zero-order valence-electron chi connectivity index (χ0n) is 8.40. The Bertz CT molecular complexity index is 253. The van der Waals surface area contributed by atoms with Gasteiger partial charge < -0.3 is 0 Å². The van der Waals surface area contributed by atoms with E-state index in [-0.39, 0.29) is 50.7 Å². The Balaban J connectivity index is -0.000000165. The van der Waals surface area contributed by atoms with Crippen LogP contribution in [0.15, 0.2) is 48.6 Å². The van der Waals surface area contributed by atoms with Gasteiger partial charge in [0.05, 0.1) is 0 Å². The molecule has 0 aromatic heterocycles. The van der Waals surface area contributed by atoms with Crippen LogP contribution in [0.4, 0.5) is 0 Å². The van der Waals surface area contributed by atoms with Crippen LogP contribution in [0.1, 0.15) is 12.8 Å². The summed E-state index contributed by atoms with van der Waals surface area (Å²) in [6.07, 6.45) is 19.9. The first-order chi connectivity index (χ1) is 5.93. The van der Waals surface area contributed by atoms with E-state index in [1.54, 1.807) is 0 Å². The van der Waals surface area contributed by atoms with E-state index in [1.807, 2.05) is 24.3 Å². The second-order valence-electron chi connectivity index (χ2n) is 2.45. The molecule has 0 N–H and O–H groups in total. The van der Waals surface area contributed by atoms with Crippen molar-refractivity contribution in [2.45, 2.75) is 12.8 Å². The monoisotopic (exact) mass is 408 g/mol. The molecule has 0 aromatic carbocycles. The average Bonchev–Trinajstić information content (AvgIpc) is 2.81. The van der Waals surface area contributed by atoms with Crippen molar-refractivity contribution >= 4 is 24.8 Å². The molecule has 0 spiro atoms. The summed E-state index contributed by atoms with van der Waals surface area (Å²) >= 11 is 0. The quantitative estimate of drug-likeness (QED) is 0.455. The van der Waals surface area contributed by atoms with Gasteiger partial charge in [-0.2, -0.15) is 36.5 Å². The van der Waals surface area contributed by atoms with Crippen molar-refractivity contribution < 1.29 is 25.8 Å². The molecule has 0 nitrogen and oxygen atoms in total. The molecule has 3 heteroatoms. The van der Waals surface area contributed by atoms with Crippen LogP contribution in [-0.2, 0) is 25.8 Å². The van der Waals surface area contributed by atoms with Crippen LogP contribution in [0.2, 0.25) is 0 Å². The Morgan fingerprint density at radius 3 is 2.13 bits per heavy atom. The Labute approximate surface area is 124 Å². The summed E-state index contributed by atoms with van der Waals surface area (Å²) < 4.78 is 0. The predicted molar refractivity (Wildman–Crippen MR) is 66.8 cm³/mol. The van der Waals surface area contributed by atoms with Crippen molar-refractivity contribution in [3.05, 3.63) is 60.8 Å². The summed E-state index contributed by atoms with van der Waals surface area (Å²) in [5.41, 5.74) is 1.13. The summed E-state index contributed by atoms with van der Waals surface area (Å²) in [7, 11) is 0. The van der Waals surface area contributed by atoms with Crippen LogP contribution < -0.4 is 0 Å². The van der Waals surface area contributed by atoms with Crippen LogP contribution in [-0.4, -0.2) is 0 Å². The number of hydrogen-bond donors (Lipinski definition) is 0. The van der Waals surface area contributed by atoms with Gasteiger partial charge in [-0.15, -0.1) is 37.3 Å². The number of halogens is 2. The maximum absolute atomic E-state index is 3.59. The molecule has 0 bridgehead atoms. The minimum atomic E-state index is 0. The van der Waals surface area contributed by atoms with Crippen molar-refractivity contribution in [3.63, 3.8) is 0 Å². The molecule has 0 atom stereocenters. The minimum Gasteiger partial charge on any atom is -0.273 e. The van der Waals surface area contributed by atoms with Gasteiger partial charge in [0.25, 0.3) is 0 Å².